The molecule has 3 aliphatic rings. The molecule has 1 aromatic heterocycles. The van der Waals surface area contributed by atoms with Crippen LogP contribution in [-0.4, -0.2) is 29.2 Å². The van der Waals surface area contributed by atoms with Gasteiger partial charge in [0.2, 0.25) is 0 Å². The summed E-state index contributed by atoms with van der Waals surface area (Å²) in [5, 5.41) is 3.07. The Balaban J connectivity index is 1.55. The predicted molar refractivity (Wildman–Crippen MR) is 120 cm³/mol. The molecule has 36 heavy (non-hydrogen) atoms. The summed E-state index contributed by atoms with van der Waals surface area (Å²) in [5.74, 6) is 0.561. The Morgan fingerprint density at radius 2 is 1.56 bits per heavy atom. The van der Waals surface area contributed by atoms with Gasteiger partial charge in [-0.3, -0.25) is 4.79 Å². The number of aromatic nitrogens is 1. The van der Waals surface area contributed by atoms with Crippen LogP contribution in [0.5, 0.6) is 0 Å². The summed E-state index contributed by atoms with van der Waals surface area (Å²) in [5.41, 5.74) is -2.12. The number of amides is 1. The summed E-state index contributed by atoms with van der Waals surface area (Å²) in [6, 6.07) is 3.04. The zero-order chi connectivity index (χ0) is 25.8. The maximum absolute atomic E-state index is 13.5. The summed E-state index contributed by atoms with van der Waals surface area (Å²) >= 11 is 0. The lowest BCUT2D eigenvalue weighted by molar-refractivity contribution is -0.143. The molecule has 0 spiro atoms. The number of fused-ring (bicyclic) bond motifs is 1. The third kappa shape index (κ3) is 4.88. The molecule has 3 fully saturated rings. The highest BCUT2D eigenvalue weighted by molar-refractivity contribution is 5.97. The molecular weight excluding hydrogens is 486 g/mol. The fourth-order valence-corrected chi connectivity index (χ4v) is 5.88. The van der Waals surface area contributed by atoms with Crippen molar-refractivity contribution in [3.05, 3.63) is 46.6 Å². The molecule has 2 aliphatic carbocycles. The average molecular weight is 515 g/mol. The van der Waals surface area contributed by atoms with Gasteiger partial charge in [0, 0.05) is 30.6 Å². The minimum absolute atomic E-state index is 0.0785. The Kier molecular flexibility index (Phi) is 6.37. The molecule has 1 aliphatic heterocycles. The summed E-state index contributed by atoms with van der Waals surface area (Å²) in [7, 11) is 0. The van der Waals surface area contributed by atoms with Gasteiger partial charge in [0.25, 0.3) is 5.91 Å². The van der Waals surface area contributed by atoms with Crippen molar-refractivity contribution in [1.82, 2.24) is 9.88 Å². The van der Waals surface area contributed by atoms with Gasteiger partial charge in [0.05, 0.1) is 22.8 Å². The van der Waals surface area contributed by atoms with Crippen molar-refractivity contribution in [2.45, 2.75) is 76.5 Å². The van der Waals surface area contributed by atoms with Crippen LogP contribution in [0.3, 0.4) is 0 Å². The molecule has 196 valence electrons. The lowest BCUT2D eigenvalue weighted by Crippen LogP contribution is -2.28. The molecule has 1 amide bonds. The molecule has 5 rings (SSSR count). The number of carbonyl (C=O) groups is 1. The number of nitrogens with zero attached hydrogens (tertiary/aromatic N) is 1. The van der Waals surface area contributed by atoms with Crippen molar-refractivity contribution in [1.29, 1.82) is 0 Å². The smallest absolute Gasteiger partial charge is 0.376 e. The van der Waals surface area contributed by atoms with Gasteiger partial charge >= 0.3 is 12.4 Å². The number of ether oxygens (including phenoxy) is 1. The van der Waals surface area contributed by atoms with E-state index in [1.54, 1.807) is 11.5 Å². The van der Waals surface area contributed by atoms with Crippen molar-refractivity contribution < 1.29 is 35.9 Å². The van der Waals surface area contributed by atoms with Gasteiger partial charge < -0.3 is 14.6 Å². The topological polar surface area (TPSA) is 43.3 Å². The van der Waals surface area contributed by atoms with E-state index in [1.807, 2.05) is 0 Å². The van der Waals surface area contributed by atoms with E-state index in [4.69, 9.17) is 4.74 Å². The number of hydrogen-bond donors (Lipinski definition) is 1. The van der Waals surface area contributed by atoms with Gasteiger partial charge in [-0.05, 0) is 74.3 Å². The molecule has 2 aromatic rings. The third-order valence-corrected chi connectivity index (χ3v) is 7.86. The van der Waals surface area contributed by atoms with Crippen molar-refractivity contribution in [3.63, 3.8) is 0 Å². The normalized spacial score (nSPS) is 26.1. The average Bonchev–Trinajstić information content (AvgIpc) is 3.12. The van der Waals surface area contributed by atoms with Crippen LogP contribution in [0, 0.1) is 18.8 Å². The van der Waals surface area contributed by atoms with E-state index in [1.165, 1.54) is 6.07 Å². The molecule has 0 radical (unpaired) electrons. The Morgan fingerprint density at radius 3 is 2.08 bits per heavy atom. The quantitative estimate of drug-likeness (QED) is 0.457. The van der Waals surface area contributed by atoms with Gasteiger partial charge in [0.15, 0.2) is 0 Å². The highest BCUT2D eigenvalue weighted by Crippen LogP contribution is 2.50. The largest absolute Gasteiger partial charge is 0.416 e. The molecule has 4 nitrogen and oxygen atoms in total. The Labute approximate surface area is 205 Å². The maximum Gasteiger partial charge on any atom is 0.416 e. The summed E-state index contributed by atoms with van der Waals surface area (Å²) in [6.07, 6.45) is -4.23. The highest BCUT2D eigenvalue weighted by atomic mass is 19.4. The third-order valence-electron chi connectivity index (χ3n) is 7.86. The Bertz CT molecular complexity index is 1100. The number of nitrogens with one attached hydrogen (secondary N) is 1. The minimum Gasteiger partial charge on any atom is -0.376 e. The van der Waals surface area contributed by atoms with E-state index in [-0.39, 0.29) is 47.5 Å². The monoisotopic (exact) mass is 514 g/mol. The van der Waals surface area contributed by atoms with Crippen LogP contribution in [0.4, 0.5) is 26.3 Å². The lowest BCUT2D eigenvalue weighted by atomic mass is 10.0. The summed E-state index contributed by atoms with van der Waals surface area (Å²) < 4.78 is 88.5. The number of halogens is 6. The van der Waals surface area contributed by atoms with E-state index in [0.717, 1.165) is 38.5 Å². The van der Waals surface area contributed by atoms with Gasteiger partial charge in [-0.15, -0.1) is 0 Å². The first kappa shape index (κ1) is 25.2. The van der Waals surface area contributed by atoms with Gasteiger partial charge in [0.1, 0.15) is 0 Å². The summed E-state index contributed by atoms with van der Waals surface area (Å²) in [4.78, 5) is 13.2. The molecule has 1 aromatic carbocycles. The van der Waals surface area contributed by atoms with Gasteiger partial charge in [-0.25, -0.2) is 0 Å². The van der Waals surface area contributed by atoms with Crippen molar-refractivity contribution in [2.24, 2.45) is 11.8 Å². The SMILES string of the molecule is Cc1c(C(=O)NC2[C@H]3CCCC[C@@H]23)cc(-c2cc(C(F)(F)F)cc(C(F)(F)F)c2)n1C[C@H]1CCCO1. The predicted octanol–water partition coefficient (Wildman–Crippen LogP) is 6.60. The highest BCUT2D eigenvalue weighted by Gasteiger charge is 2.51. The fraction of sp³-hybridized carbons (Fsp3) is 0.577. The van der Waals surface area contributed by atoms with Crippen molar-refractivity contribution in [3.8, 4) is 11.3 Å². The number of hydrogen-bond acceptors (Lipinski definition) is 2. The Morgan fingerprint density at radius 1 is 0.944 bits per heavy atom. The van der Waals surface area contributed by atoms with Crippen LogP contribution in [-0.2, 0) is 23.6 Å². The molecule has 1 saturated heterocycles. The second-order valence-electron chi connectivity index (χ2n) is 10.2. The second kappa shape index (κ2) is 9.11. The maximum atomic E-state index is 13.5. The number of carbonyl (C=O) groups excluding carboxylic acids is 1. The van der Waals surface area contributed by atoms with E-state index in [0.29, 0.717) is 36.3 Å². The molecule has 2 heterocycles. The van der Waals surface area contributed by atoms with E-state index >= 15 is 0 Å². The minimum atomic E-state index is -4.96. The van der Waals surface area contributed by atoms with E-state index < -0.39 is 23.5 Å². The summed E-state index contributed by atoms with van der Waals surface area (Å²) in [6.45, 7) is 2.45. The fourth-order valence-electron chi connectivity index (χ4n) is 5.88. The van der Waals surface area contributed by atoms with Crippen LogP contribution < -0.4 is 5.32 Å². The number of rotatable bonds is 5. The van der Waals surface area contributed by atoms with Crippen LogP contribution in [0.2, 0.25) is 0 Å². The van der Waals surface area contributed by atoms with E-state index in [2.05, 4.69) is 5.32 Å². The molecule has 10 heteroatoms. The molecular formula is C26H28F6N2O2. The van der Waals surface area contributed by atoms with Crippen LogP contribution in [0.1, 0.15) is 65.7 Å². The Hall–Kier alpha value is -2.49. The molecule has 2 saturated carbocycles. The first-order valence-corrected chi connectivity index (χ1v) is 12.4. The lowest BCUT2D eigenvalue weighted by Gasteiger charge is -2.18. The zero-order valence-corrected chi connectivity index (χ0v) is 19.8. The standard InChI is InChI=1S/C26H28F6N2O2/c1-14-21(24(35)33-23-19-6-2-3-7-20(19)23)12-22(34(14)13-18-5-4-8-36-18)15-9-16(25(27,28)29)11-17(10-15)26(30,31)32/h9-12,18-20,23H,2-8,13H2,1H3,(H,33,35)/t18-,19-,20+,23?/m1/s1. The van der Waals surface area contributed by atoms with Crippen LogP contribution in [0.15, 0.2) is 24.3 Å². The second-order valence-corrected chi connectivity index (χ2v) is 10.2. The van der Waals surface area contributed by atoms with Gasteiger partial charge in [-0.2, -0.15) is 26.3 Å². The van der Waals surface area contributed by atoms with Crippen molar-refractivity contribution in [2.75, 3.05) is 6.61 Å². The van der Waals surface area contributed by atoms with Gasteiger partial charge in [-0.1, -0.05) is 12.8 Å². The molecule has 1 unspecified atom stereocenters. The van der Waals surface area contributed by atoms with Crippen molar-refractivity contribution >= 4 is 5.91 Å². The van der Waals surface area contributed by atoms with Crippen LogP contribution in [0.25, 0.3) is 11.3 Å². The number of alkyl halides is 6. The molecule has 0 bridgehead atoms. The molecule has 1 N–H and O–H groups in total. The van der Waals surface area contributed by atoms with Crippen LogP contribution >= 0.6 is 0 Å². The number of benzene rings is 1. The zero-order valence-electron chi connectivity index (χ0n) is 19.8. The molecule has 4 atom stereocenters. The first-order chi connectivity index (χ1) is 16.9. The van der Waals surface area contributed by atoms with E-state index in [9.17, 15) is 31.1 Å². The first-order valence-electron chi connectivity index (χ1n) is 12.4.